The van der Waals surface area contributed by atoms with E-state index in [1.54, 1.807) is 0 Å². The fraction of sp³-hybridized carbons (Fsp3) is 0.917. The van der Waals surface area contributed by atoms with Gasteiger partial charge < -0.3 is 4.74 Å². The molecule has 0 unspecified atom stereocenters. The van der Waals surface area contributed by atoms with Crippen molar-refractivity contribution in [3.63, 3.8) is 0 Å². The van der Waals surface area contributed by atoms with Crippen molar-refractivity contribution in [2.24, 2.45) is 0 Å². The first-order valence-corrected chi connectivity index (χ1v) is 16.2. The Morgan fingerprint density at radius 1 is 0.324 bits per heavy atom. The quantitative estimate of drug-likeness (QED) is 0.152. The first-order chi connectivity index (χ1) is 15.6. The maximum atomic E-state index is 10.8. The largest absolute Gasteiger partial charge is 0.427 e. The maximum absolute atomic E-state index is 10.8. The molecule has 0 heterocycles. The van der Waals surface area contributed by atoms with Crippen LogP contribution in [0.25, 0.3) is 0 Å². The van der Waals surface area contributed by atoms with Gasteiger partial charge in [0.1, 0.15) is 0 Å². The van der Waals surface area contributed by atoms with Gasteiger partial charge in [0.25, 0.3) is 11.0 Å². The van der Waals surface area contributed by atoms with E-state index in [0.29, 0.717) is 0 Å². The Morgan fingerprint density at radius 2 is 0.514 bits per heavy atom. The van der Waals surface area contributed by atoms with Gasteiger partial charge >= 0.3 is 0 Å². The molecule has 0 aromatic rings. The summed E-state index contributed by atoms with van der Waals surface area (Å²) in [5.74, 6) is 0. The number of ether oxygens (including phenoxy) is 1. The summed E-state index contributed by atoms with van der Waals surface area (Å²) in [6.07, 6.45) is 0. The molecule has 0 radical (unpaired) electrons. The van der Waals surface area contributed by atoms with Gasteiger partial charge in [-0.3, -0.25) is 4.79 Å². The summed E-state index contributed by atoms with van der Waals surface area (Å²) in [7, 11) is 0. The Labute approximate surface area is 325 Å². The molecule has 0 saturated carbocycles. The average molecular weight is 993 g/mol. The number of hydrogen-bond donors (Lipinski definition) is 0. The predicted molar refractivity (Wildman–Crippen MR) is 172 cm³/mol. The second-order valence-electron chi connectivity index (χ2n) is 6.40. The lowest BCUT2D eigenvalue weighted by Gasteiger charge is -2.56. The summed E-state index contributed by atoms with van der Waals surface area (Å²) in [5, 5.41) is 0. The van der Waals surface area contributed by atoms with Crippen LogP contribution >= 0.6 is 267 Å². The second kappa shape index (κ2) is 13.0. The Kier molecular flexibility index (Phi) is 15.1. The van der Waals surface area contributed by atoms with Crippen LogP contribution in [0.15, 0.2) is 0 Å². The molecule has 0 atom stereocenters. The van der Waals surface area contributed by atoms with Gasteiger partial charge in [-0.25, -0.2) is 0 Å². The molecule has 37 heavy (non-hydrogen) atoms. The minimum atomic E-state index is -3.36. The maximum Gasteiger partial charge on any atom is 0.297 e. The third-order valence-corrected chi connectivity index (χ3v) is 19.9. The molecule has 0 saturated heterocycles. The van der Waals surface area contributed by atoms with E-state index in [9.17, 15) is 4.79 Å². The van der Waals surface area contributed by atoms with Crippen molar-refractivity contribution in [2.45, 2.75) is 47.3 Å². The second-order valence-corrected chi connectivity index (χ2v) is 21.9. The molecule has 2 nitrogen and oxygen atoms in total. The molecule has 0 aliphatic heterocycles. The van der Waals surface area contributed by atoms with Crippen LogP contribution < -0.4 is 0 Å². The number of alkyl halides is 23. The first kappa shape index (κ1) is 43.1. The van der Waals surface area contributed by atoms with E-state index in [2.05, 4.69) is 4.74 Å². The summed E-state index contributed by atoms with van der Waals surface area (Å²) in [6.45, 7) is -0.302. The highest BCUT2D eigenvalue weighted by Crippen LogP contribution is 2.75. The van der Waals surface area contributed by atoms with Crippen molar-refractivity contribution >= 4 is 273 Å². The van der Waals surface area contributed by atoms with E-state index in [1.807, 2.05) is 0 Å². The highest BCUT2D eigenvalue weighted by atomic mass is 35.6. The van der Waals surface area contributed by atoms with Crippen molar-refractivity contribution in [3.8, 4) is 0 Å². The third kappa shape index (κ3) is 6.77. The van der Waals surface area contributed by atoms with Crippen LogP contribution in [0.1, 0.15) is 0 Å². The molecule has 25 heteroatoms. The lowest BCUT2D eigenvalue weighted by Crippen LogP contribution is -2.73. The number of carbonyl (C=O) groups excluding carboxylic acids is 1. The van der Waals surface area contributed by atoms with Crippen LogP contribution in [0.4, 0.5) is 0 Å². The minimum Gasteiger partial charge on any atom is -0.427 e. The van der Waals surface area contributed by atoms with Crippen LogP contribution in [-0.2, 0) is 9.53 Å². The van der Waals surface area contributed by atoms with Crippen LogP contribution in [0, 0.1) is 0 Å². The SMILES string of the molecule is O=COC(Cl)(Cl)C(Cl)(Cl)C(Cl)(Cl)C(Cl)(Cl)C(Cl)(Cl)C(Cl)(Cl)C(Cl)(Cl)C(Cl)(Cl)C(Cl)(Cl)C(Cl)(Cl)C(Cl)(Cl)Cl. The zero-order valence-electron chi connectivity index (χ0n) is 15.6. The lowest BCUT2D eigenvalue weighted by atomic mass is 10.00. The molecule has 0 rings (SSSR count). The highest BCUT2D eigenvalue weighted by molar-refractivity contribution is 6.84. The molecular weight excluding hydrogens is 992 g/mol. The Balaban J connectivity index is 7.19. The summed E-state index contributed by atoms with van der Waals surface area (Å²) >= 11 is 141. The molecule has 0 N–H and O–H groups in total. The van der Waals surface area contributed by atoms with Crippen LogP contribution in [0.3, 0.4) is 0 Å². The van der Waals surface area contributed by atoms with E-state index in [0.717, 1.165) is 0 Å². The minimum absolute atomic E-state index is 0.302. The standard InChI is InChI=1S/C12HCl23O2/c13-2(14,3(15,16)5(19,20)7(23,24)9(27,28)11(31,32)33)4(17,18)6(21,22)8(25,26)10(29,30)12(34,35)37-1-36/h1H. The molecule has 222 valence electrons. The van der Waals surface area contributed by atoms with Crippen molar-refractivity contribution in [3.05, 3.63) is 0 Å². The average Bonchev–Trinajstić information content (AvgIpc) is 2.65. The van der Waals surface area contributed by atoms with Crippen molar-refractivity contribution in [2.75, 3.05) is 0 Å². The van der Waals surface area contributed by atoms with Crippen molar-refractivity contribution < 1.29 is 9.53 Å². The van der Waals surface area contributed by atoms with Crippen LogP contribution in [0.2, 0.25) is 0 Å². The van der Waals surface area contributed by atoms with Crippen LogP contribution in [0.5, 0.6) is 0 Å². The molecule has 0 bridgehead atoms. The highest BCUT2D eigenvalue weighted by Gasteiger charge is 2.84. The summed E-state index contributed by atoms with van der Waals surface area (Å²) < 4.78 is -30.5. The molecular formula is C12HCl23O2. The molecule has 0 spiro atoms. The topological polar surface area (TPSA) is 26.3 Å². The van der Waals surface area contributed by atoms with Gasteiger partial charge in [-0.05, 0) is 0 Å². The Hall–Kier alpha value is 6.14. The predicted octanol–water partition coefficient (Wildman–Crippen LogP) is 13.2. The summed E-state index contributed by atoms with van der Waals surface area (Å²) in [5.41, 5.74) is 0. The zero-order valence-corrected chi connectivity index (χ0v) is 33.0. The van der Waals surface area contributed by atoms with E-state index in [-0.39, 0.29) is 6.47 Å². The van der Waals surface area contributed by atoms with Gasteiger partial charge in [0.05, 0.1) is 0 Å². The fourth-order valence-electron chi connectivity index (χ4n) is 1.88. The normalized spacial score (nSPS) is 16.6. The molecule has 0 fully saturated rings. The van der Waals surface area contributed by atoms with Gasteiger partial charge in [0.2, 0.25) is 12.5 Å². The Morgan fingerprint density at radius 3 is 0.703 bits per heavy atom. The van der Waals surface area contributed by atoms with Gasteiger partial charge in [-0.2, -0.15) is 0 Å². The number of halogens is 23. The van der Waals surface area contributed by atoms with Gasteiger partial charge in [0, 0.05) is 0 Å². The molecule has 0 aliphatic carbocycles. The molecule has 0 aromatic carbocycles. The number of rotatable bonds is 11. The zero-order chi connectivity index (χ0) is 30.9. The molecule has 0 aliphatic rings. The summed E-state index contributed by atoms with van der Waals surface area (Å²) in [4.78, 5) is 10.8. The lowest BCUT2D eigenvalue weighted by molar-refractivity contribution is -0.132. The number of carbonyl (C=O) groups is 1. The van der Waals surface area contributed by atoms with Gasteiger partial charge in [-0.15, -0.1) is 0 Å². The number of hydrogen-bond acceptors (Lipinski definition) is 2. The van der Waals surface area contributed by atoms with E-state index >= 15 is 0 Å². The molecule has 0 amide bonds. The van der Waals surface area contributed by atoms with Crippen molar-refractivity contribution in [1.82, 2.24) is 0 Å². The van der Waals surface area contributed by atoms with Crippen molar-refractivity contribution in [1.29, 1.82) is 0 Å². The Bertz CT molecular complexity index is 850. The smallest absolute Gasteiger partial charge is 0.297 e. The summed E-state index contributed by atoms with van der Waals surface area (Å²) in [6, 6.07) is 0. The fourth-order valence-corrected chi connectivity index (χ4v) is 9.10. The van der Waals surface area contributed by atoms with Gasteiger partial charge in [-0.1, -0.05) is 267 Å². The first-order valence-electron chi connectivity index (χ1n) is 7.52. The van der Waals surface area contributed by atoms with Crippen LogP contribution in [-0.4, -0.2) is 53.8 Å². The van der Waals surface area contributed by atoms with E-state index in [4.69, 9.17) is 267 Å². The third-order valence-electron chi connectivity index (χ3n) is 4.07. The van der Waals surface area contributed by atoms with E-state index < -0.39 is 47.3 Å². The monoisotopic (exact) mass is 981 g/mol. The molecule has 0 aromatic heterocycles. The van der Waals surface area contributed by atoms with E-state index in [1.165, 1.54) is 0 Å². The van der Waals surface area contributed by atoms with Gasteiger partial charge in [0.15, 0.2) is 30.3 Å².